The van der Waals surface area contributed by atoms with E-state index >= 15 is 0 Å². The van der Waals surface area contributed by atoms with Crippen molar-refractivity contribution in [2.24, 2.45) is 22.7 Å². The predicted molar refractivity (Wildman–Crippen MR) is 187 cm³/mol. The number of ether oxygens (including phenoxy) is 2. The second-order valence-electron chi connectivity index (χ2n) is 17.8. The van der Waals surface area contributed by atoms with Gasteiger partial charge in [0.05, 0.1) is 14.2 Å². The summed E-state index contributed by atoms with van der Waals surface area (Å²) >= 11 is 0. The van der Waals surface area contributed by atoms with E-state index in [4.69, 9.17) is 9.47 Å². The number of fused-ring (bicyclic) bond motifs is 6. The Morgan fingerprint density at radius 2 is 0.955 bits per heavy atom. The van der Waals surface area contributed by atoms with Gasteiger partial charge in [-0.15, -0.1) is 0 Å². The Hall–Kier alpha value is -1.96. The average molecular weight is 599 g/mol. The van der Waals surface area contributed by atoms with Crippen LogP contribution in [0.2, 0.25) is 0 Å². The summed E-state index contributed by atoms with van der Waals surface area (Å²) in [7, 11) is 3.81. The highest BCUT2D eigenvalue weighted by Gasteiger charge is 2.52. The third-order valence-corrected chi connectivity index (χ3v) is 13.8. The molecule has 0 N–H and O–H groups in total. The number of hydrogen-bond acceptors (Lipinski definition) is 2. The summed E-state index contributed by atoms with van der Waals surface area (Å²) in [6.07, 6.45) is 12.8. The normalized spacial score (nSPS) is 30.3. The van der Waals surface area contributed by atoms with Crippen LogP contribution in [0.4, 0.5) is 0 Å². The zero-order valence-electron chi connectivity index (χ0n) is 30.4. The van der Waals surface area contributed by atoms with Crippen LogP contribution in [0, 0.1) is 22.7 Å². The fourth-order valence-electron chi connectivity index (χ4n) is 12.0. The van der Waals surface area contributed by atoms with Gasteiger partial charge >= 0.3 is 0 Å². The standard InChI is InChI=1S/C42H62O2/c1-25(2)35-27-15-17-33-39(5,6)19-13-21-41(33,9)31(27)23-29(37(35)43-11)30-24-32-28(36(26(3)4)38(30)44-12)16-18-34-40(7,8)20-14-22-42(32,34)10/h23-26,33-34H,13-22H2,1-12H3. The molecule has 2 aromatic carbocycles. The van der Waals surface area contributed by atoms with E-state index in [2.05, 4.69) is 81.4 Å². The third kappa shape index (κ3) is 4.53. The van der Waals surface area contributed by atoms with Crippen LogP contribution in [0.15, 0.2) is 12.1 Å². The first-order chi connectivity index (χ1) is 20.6. The molecule has 0 amide bonds. The van der Waals surface area contributed by atoms with Crippen LogP contribution in [0.3, 0.4) is 0 Å². The van der Waals surface area contributed by atoms with Crippen molar-refractivity contribution in [1.29, 1.82) is 0 Å². The van der Waals surface area contributed by atoms with Gasteiger partial charge in [0.15, 0.2) is 0 Å². The van der Waals surface area contributed by atoms with Gasteiger partial charge in [-0.3, -0.25) is 0 Å². The van der Waals surface area contributed by atoms with Crippen LogP contribution < -0.4 is 9.47 Å². The van der Waals surface area contributed by atoms with Crippen molar-refractivity contribution in [3.05, 3.63) is 45.5 Å². The highest BCUT2D eigenvalue weighted by Crippen LogP contribution is 2.62. The van der Waals surface area contributed by atoms with Crippen LogP contribution in [0.1, 0.15) is 166 Å². The molecule has 2 saturated carbocycles. The molecule has 2 aromatic rings. The van der Waals surface area contributed by atoms with Crippen molar-refractivity contribution in [2.45, 2.75) is 156 Å². The van der Waals surface area contributed by atoms with Gasteiger partial charge in [-0.1, -0.05) is 82.1 Å². The lowest BCUT2D eigenvalue weighted by atomic mass is 9.49. The van der Waals surface area contributed by atoms with Crippen molar-refractivity contribution in [3.8, 4) is 22.6 Å². The number of rotatable bonds is 5. The Labute approximate surface area is 270 Å². The highest BCUT2D eigenvalue weighted by atomic mass is 16.5. The lowest BCUT2D eigenvalue weighted by Crippen LogP contribution is -2.48. The molecule has 6 rings (SSSR count). The molecule has 0 radical (unpaired) electrons. The van der Waals surface area contributed by atoms with Gasteiger partial charge in [0.1, 0.15) is 11.5 Å². The van der Waals surface area contributed by atoms with Crippen LogP contribution >= 0.6 is 0 Å². The van der Waals surface area contributed by atoms with Gasteiger partial charge in [-0.05, 0) is 131 Å². The number of methoxy groups -OCH3 is 2. The molecule has 2 heteroatoms. The van der Waals surface area contributed by atoms with E-state index < -0.39 is 0 Å². The number of hydrogen-bond donors (Lipinski definition) is 0. The van der Waals surface area contributed by atoms with Crippen molar-refractivity contribution >= 4 is 0 Å². The monoisotopic (exact) mass is 598 g/mol. The molecule has 0 saturated heterocycles. The van der Waals surface area contributed by atoms with Gasteiger partial charge in [0.2, 0.25) is 0 Å². The molecule has 4 unspecified atom stereocenters. The quantitative estimate of drug-likeness (QED) is 0.341. The lowest BCUT2D eigenvalue weighted by Gasteiger charge is -2.55. The largest absolute Gasteiger partial charge is 0.496 e. The second kappa shape index (κ2) is 10.8. The zero-order chi connectivity index (χ0) is 32.0. The van der Waals surface area contributed by atoms with E-state index in [-0.39, 0.29) is 10.8 Å². The fraction of sp³-hybridized carbons (Fsp3) is 0.714. The Morgan fingerprint density at radius 3 is 1.27 bits per heavy atom. The van der Waals surface area contributed by atoms with Gasteiger partial charge in [-0.25, -0.2) is 0 Å². The Morgan fingerprint density at radius 1 is 0.591 bits per heavy atom. The third-order valence-electron chi connectivity index (χ3n) is 13.8. The smallest absolute Gasteiger partial charge is 0.130 e. The summed E-state index contributed by atoms with van der Waals surface area (Å²) in [5.74, 6) is 4.38. The maximum atomic E-state index is 6.52. The zero-order valence-corrected chi connectivity index (χ0v) is 30.4. The van der Waals surface area contributed by atoms with E-state index in [1.165, 1.54) is 73.6 Å². The minimum atomic E-state index is 0.187. The maximum absolute atomic E-state index is 6.52. The molecular weight excluding hydrogens is 536 g/mol. The van der Waals surface area contributed by atoms with Crippen LogP contribution in [-0.2, 0) is 23.7 Å². The van der Waals surface area contributed by atoms with Crippen molar-refractivity contribution < 1.29 is 9.47 Å². The molecular formula is C42H62O2. The second-order valence-corrected chi connectivity index (χ2v) is 17.8. The molecule has 44 heavy (non-hydrogen) atoms. The highest BCUT2D eigenvalue weighted by molar-refractivity contribution is 5.83. The summed E-state index contributed by atoms with van der Waals surface area (Å²) in [5, 5.41) is 0. The fourth-order valence-corrected chi connectivity index (χ4v) is 12.0. The van der Waals surface area contributed by atoms with E-state index in [1.54, 1.807) is 22.3 Å². The molecule has 0 bridgehead atoms. The molecule has 4 aliphatic rings. The van der Waals surface area contributed by atoms with E-state index in [0.29, 0.717) is 34.5 Å². The maximum Gasteiger partial charge on any atom is 0.130 e. The van der Waals surface area contributed by atoms with Gasteiger partial charge in [-0.2, -0.15) is 0 Å². The molecule has 4 aliphatic carbocycles. The first kappa shape index (κ1) is 32.0. The first-order valence-corrected chi connectivity index (χ1v) is 18.1. The summed E-state index contributed by atoms with van der Waals surface area (Å²) in [4.78, 5) is 0. The molecule has 242 valence electrons. The average Bonchev–Trinajstić information content (AvgIpc) is 2.94. The van der Waals surface area contributed by atoms with Crippen LogP contribution in [0.5, 0.6) is 11.5 Å². The Kier molecular flexibility index (Phi) is 7.86. The van der Waals surface area contributed by atoms with E-state index in [1.807, 2.05) is 14.2 Å². The SMILES string of the molecule is COc1c(-c2cc3c(c(C(C)C)c2OC)CCC2C(C)(C)CCCC32C)cc2c(c1C(C)C)CCC1C(C)(C)CCCC21C. The molecule has 0 aromatic heterocycles. The Balaban J connectivity index is 1.69. The van der Waals surface area contributed by atoms with Crippen LogP contribution in [0.25, 0.3) is 11.1 Å². The predicted octanol–water partition coefficient (Wildman–Crippen LogP) is 11.7. The first-order valence-electron chi connectivity index (χ1n) is 18.1. The Bertz CT molecular complexity index is 1330. The number of benzene rings is 2. The summed E-state index contributed by atoms with van der Waals surface area (Å²) in [6, 6.07) is 5.21. The summed E-state index contributed by atoms with van der Waals surface area (Å²) in [5.41, 5.74) is 12.9. The minimum absolute atomic E-state index is 0.187. The van der Waals surface area contributed by atoms with E-state index in [9.17, 15) is 0 Å². The van der Waals surface area contributed by atoms with E-state index in [0.717, 1.165) is 24.3 Å². The minimum Gasteiger partial charge on any atom is -0.496 e. The molecule has 0 aliphatic heterocycles. The summed E-state index contributed by atoms with van der Waals surface area (Å²) in [6.45, 7) is 24.9. The molecule has 2 fully saturated rings. The van der Waals surface area contributed by atoms with Crippen molar-refractivity contribution in [2.75, 3.05) is 14.2 Å². The molecule has 0 heterocycles. The topological polar surface area (TPSA) is 18.5 Å². The van der Waals surface area contributed by atoms with Gasteiger partial charge < -0.3 is 9.47 Å². The summed E-state index contributed by atoms with van der Waals surface area (Å²) < 4.78 is 13.0. The lowest BCUT2D eigenvalue weighted by molar-refractivity contribution is 0.0402. The van der Waals surface area contributed by atoms with Crippen LogP contribution in [-0.4, -0.2) is 14.2 Å². The van der Waals surface area contributed by atoms with Gasteiger partial charge in [0.25, 0.3) is 0 Å². The van der Waals surface area contributed by atoms with Crippen molar-refractivity contribution in [3.63, 3.8) is 0 Å². The van der Waals surface area contributed by atoms with Crippen molar-refractivity contribution in [1.82, 2.24) is 0 Å². The molecule has 2 nitrogen and oxygen atoms in total. The molecule has 4 atom stereocenters. The van der Waals surface area contributed by atoms with Gasteiger partial charge in [0, 0.05) is 22.3 Å². The molecule has 0 spiro atoms.